The van der Waals surface area contributed by atoms with Crippen LogP contribution < -0.4 is 10.6 Å². The summed E-state index contributed by atoms with van der Waals surface area (Å²) in [6.45, 7) is 6.61. The van der Waals surface area contributed by atoms with E-state index < -0.39 is 0 Å². The lowest BCUT2D eigenvalue weighted by atomic mass is 9.89. The zero-order valence-corrected chi connectivity index (χ0v) is 11.6. The number of rotatable bonds is 6. The number of hydrogen-bond acceptors (Lipinski definition) is 3. The van der Waals surface area contributed by atoms with Crippen LogP contribution in [-0.4, -0.2) is 18.1 Å². The fourth-order valence-corrected chi connectivity index (χ4v) is 2.61. The van der Waals surface area contributed by atoms with Crippen LogP contribution in [0.2, 0.25) is 0 Å². The fourth-order valence-electron chi connectivity index (χ4n) is 2.61. The molecular weight excluding hydrogens is 222 g/mol. The standard InChI is InChI=1S/C15H25N3/c1-3-9-16-14-11-13(6-10-17-14)18-12-15(2)7-4-5-8-15/h6,10-11H,3-5,7-9,12H2,1-2H3,(H2,16,17,18). The zero-order chi connectivity index (χ0) is 12.8. The van der Waals surface area contributed by atoms with E-state index >= 15 is 0 Å². The van der Waals surface area contributed by atoms with Gasteiger partial charge in [0.1, 0.15) is 5.82 Å². The maximum Gasteiger partial charge on any atom is 0.127 e. The molecule has 1 heterocycles. The summed E-state index contributed by atoms with van der Waals surface area (Å²) < 4.78 is 0. The van der Waals surface area contributed by atoms with E-state index in [0.29, 0.717) is 5.41 Å². The van der Waals surface area contributed by atoms with E-state index in [2.05, 4.69) is 41.6 Å². The minimum atomic E-state index is 0.486. The van der Waals surface area contributed by atoms with Gasteiger partial charge in [0.2, 0.25) is 0 Å². The first-order valence-corrected chi connectivity index (χ1v) is 7.16. The normalized spacial score (nSPS) is 17.7. The summed E-state index contributed by atoms with van der Waals surface area (Å²) in [4.78, 5) is 4.32. The largest absolute Gasteiger partial charge is 0.384 e. The van der Waals surface area contributed by atoms with Crippen molar-refractivity contribution in [1.29, 1.82) is 0 Å². The number of anilines is 2. The van der Waals surface area contributed by atoms with Gasteiger partial charge in [0.25, 0.3) is 0 Å². The lowest BCUT2D eigenvalue weighted by molar-refractivity contribution is 0.362. The van der Waals surface area contributed by atoms with Gasteiger partial charge >= 0.3 is 0 Å². The van der Waals surface area contributed by atoms with E-state index in [1.54, 1.807) is 0 Å². The highest BCUT2D eigenvalue weighted by atomic mass is 15.0. The summed E-state index contributed by atoms with van der Waals surface area (Å²) in [6.07, 6.45) is 8.47. The van der Waals surface area contributed by atoms with Crippen molar-refractivity contribution in [2.24, 2.45) is 5.41 Å². The molecule has 1 aromatic rings. The average molecular weight is 247 g/mol. The Morgan fingerprint density at radius 2 is 2.06 bits per heavy atom. The minimum absolute atomic E-state index is 0.486. The summed E-state index contributed by atoms with van der Waals surface area (Å²) in [5.41, 5.74) is 1.66. The molecule has 3 nitrogen and oxygen atoms in total. The highest BCUT2D eigenvalue weighted by Gasteiger charge is 2.28. The number of nitrogens with zero attached hydrogens (tertiary/aromatic N) is 1. The molecule has 0 unspecified atom stereocenters. The molecule has 0 amide bonds. The van der Waals surface area contributed by atoms with E-state index in [0.717, 1.165) is 25.3 Å². The Labute approximate surface area is 110 Å². The second-order valence-corrected chi connectivity index (χ2v) is 5.73. The van der Waals surface area contributed by atoms with Gasteiger partial charge in [0, 0.05) is 31.0 Å². The highest BCUT2D eigenvalue weighted by Crippen LogP contribution is 2.37. The topological polar surface area (TPSA) is 37.0 Å². The summed E-state index contributed by atoms with van der Waals surface area (Å²) >= 11 is 0. The quantitative estimate of drug-likeness (QED) is 0.800. The molecule has 18 heavy (non-hydrogen) atoms. The molecule has 2 N–H and O–H groups in total. The Kier molecular flexibility index (Phi) is 4.45. The molecule has 0 aromatic carbocycles. The van der Waals surface area contributed by atoms with Crippen molar-refractivity contribution < 1.29 is 0 Å². The smallest absolute Gasteiger partial charge is 0.127 e. The van der Waals surface area contributed by atoms with E-state index in [9.17, 15) is 0 Å². The molecule has 100 valence electrons. The first-order chi connectivity index (χ1) is 8.72. The average Bonchev–Trinajstić information content (AvgIpc) is 2.82. The van der Waals surface area contributed by atoms with Crippen LogP contribution in [0.25, 0.3) is 0 Å². The third-order valence-electron chi connectivity index (χ3n) is 3.85. The van der Waals surface area contributed by atoms with E-state index in [-0.39, 0.29) is 0 Å². The molecule has 1 aliphatic rings. The fraction of sp³-hybridized carbons (Fsp3) is 0.667. The van der Waals surface area contributed by atoms with Crippen molar-refractivity contribution in [2.45, 2.75) is 46.0 Å². The molecule has 0 spiro atoms. The van der Waals surface area contributed by atoms with E-state index in [4.69, 9.17) is 0 Å². The molecule has 1 saturated carbocycles. The lowest BCUT2D eigenvalue weighted by Crippen LogP contribution is -2.23. The van der Waals surface area contributed by atoms with Crippen LogP contribution in [0.15, 0.2) is 18.3 Å². The first kappa shape index (κ1) is 13.2. The molecule has 3 heteroatoms. The van der Waals surface area contributed by atoms with Crippen molar-refractivity contribution in [2.75, 3.05) is 23.7 Å². The SMILES string of the molecule is CCCNc1cc(NCC2(C)CCCC2)ccn1. The number of nitrogens with one attached hydrogen (secondary N) is 2. The molecular formula is C15H25N3. The molecule has 1 aliphatic carbocycles. The summed E-state index contributed by atoms with van der Waals surface area (Å²) in [5.74, 6) is 0.971. The van der Waals surface area contributed by atoms with Gasteiger partial charge in [-0.15, -0.1) is 0 Å². The molecule has 1 aromatic heterocycles. The molecule has 0 radical (unpaired) electrons. The zero-order valence-electron chi connectivity index (χ0n) is 11.6. The maximum absolute atomic E-state index is 4.32. The van der Waals surface area contributed by atoms with Crippen LogP contribution in [0.4, 0.5) is 11.5 Å². The highest BCUT2D eigenvalue weighted by molar-refractivity contribution is 5.51. The van der Waals surface area contributed by atoms with Crippen LogP contribution in [-0.2, 0) is 0 Å². The van der Waals surface area contributed by atoms with Gasteiger partial charge in [0.15, 0.2) is 0 Å². The van der Waals surface area contributed by atoms with Gasteiger partial charge in [-0.3, -0.25) is 0 Å². The predicted octanol–water partition coefficient (Wildman–Crippen LogP) is 3.90. The molecule has 0 bridgehead atoms. The van der Waals surface area contributed by atoms with Gasteiger partial charge in [-0.25, -0.2) is 4.98 Å². The Hall–Kier alpha value is -1.25. The first-order valence-electron chi connectivity index (χ1n) is 7.16. The monoisotopic (exact) mass is 247 g/mol. The van der Waals surface area contributed by atoms with Gasteiger partial charge in [-0.1, -0.05) is 26.7 Å². The van der Waals surface area contributed by atoms with Gasteiger partial charge in [-0.2, -0.15) is 0 Å². The Morgan fingerprint density at radius 3 is 2.78 bits per heavy atom. The van der Waals surface area contributed by atoms with Crippen molar-refractivity contribution in [3.63, 3.8) is 0 Å². The third kappa shape index (κ3) is 3.62. The molecule has 0 aliphatic heterocycles. The van der Waals surface area contributed by atoms with Crippen molar-refractivity contribution in [1.82, 2.24) is 4.98 Å². The third-order valence-corrected chi connectivity index (χ3v) is 3.85. The molecule has 2 rings (SSSR count). The molecule has 0 saturated heterocycles. The number of pyridine rings is 1. The predicted molar refractivity (Wildman–Crippen MR) is 78.1 cm³/mol. The van der Waals surface area contributed by atoms with E-state index in [1.807, 2.05) is 6.20 Å². The van der Waals surface area contributed by atoms with Gasteiger partial charge in [0.05, 0.1) is 0 Å². The van der Waals surface area contributed by atoms with Crippen LogP contribution in [0.1, 0.15) is 46.0 Å². The van der Waals surface area contributed by atoms with Crippen LogP contribution in [0.5, 0.6) is 0 Å². The second-order valence-electron chi connectivity index (χ2n) is 5.73. The molecule has 0 atom stereocenters. The van der Waals surface area contributed by atoms with Crippen LogP contribution >= 0.6 is 0 Å². The van der Waals surface area contributed by atoms with Crippen molar-refractivity contribution in [3.05, 3.63) is 18.3 Å². The lowest BCUT2D eigenvalue weighted by Gasteiger charge is -2.24. The number of aromatic nitrogens is 1. The maximum atomic E-state index is 4.32. The van der Waals surface area contributed by atoms with Crippen molar-refractivity contribution >= 4 is 11.5 Å². The van der Waals surface area contributed by atoms with Gasteiger partial charge in [-0.05, 0) is 30.7 Å². The summed E-state index contributed by atoms with van der Waals surface area (Å²) in [6, 6.07) is 4.16. The van der Waals surface area contributed by atoms with E-state index in [1.165, 1.54) is 31.4 Å². The number of hydrogen-bond donors (Lipinski definition) is 2. The Bertz CT molecular complexity index is 370. The van der Waals surface area contributed by atoms with Crippen molar-refractivity contribution in [3.8, 4) is 0 Å². The second kappa shape index (κ2) is 6.07. The van der Waals surface area contributed by atoms with Crippen LogP contribution in [0.3, 0.4) is 0 Å². The van der Waals surface area contributed by atoms with Gasteiger partial charge < -0.3 is 10.6 Å². The Morgan fingerprint density at radius 1 is 1.28 bits per heavy atom. The molecule has 1 fully saturated rings. The Balaban J connectivity index is 1.88. The summed E-state index contributed by atoms with van der Waals surface area (Å²) in [7, 11) is 0. The van der Waals surface area contributed by atoms with Crippen LogP contribution in [0, 0.1) is 5.41 Å². The summed E-state index contributed by atoms with van der Waals surface area (Å²) in [5, 5.41) is 6.88. The minimum Gasteiger partial charge on any atom is -0.384 e.